The Bertz CT molecular complexity index is 446. The fraction of sp³-hybridized carbons (Fsp3) is 0.308. The van der Waals surface area contributed by atoms with Gasteiger partial charge >= 0.3 is 0 Å². The molecule has 0 saturated carbocycles. The van der Waals surface area contributed by atoms with Crippen LogP contribution in [0.15, 0.2) is 36.7 Å². The van der Waals surface area contributed by atoms with Crippen LogP contribution >= 0.6 is 0 Å². The van der Waals surface area contributed by atoms with Crippen molar-refractivity contribution in [1.82, 2.24) is 9.78 Å². The Hall–Kier alpha value is -1.77. The molecule has 0 spiro atoms. The zero-order chi connectivity index (χ0) is 11.4. The minimum absolute atomic E-state index is 0.889. The summed E-state index contributed by atoms with van der Waals surface area (Å²) >= 11 is 0. The van der Waals surface area contributed by atoms with E-state index < -0.39 is 0 Å². The van der Waals surface area contributed by atoms with Crippen molar-refractivity contribution in [3.8, 4) is 0 Å². The highest BCUT2D eigenvalue weighted by atomic mass is 15.3. The summed E-state index contributed by atoms with van der Waals surface area (Å²) in [5.74, 6) is 0. The van der Waals surface area contributed by atoms with Crippen LogP contribution in [0.5, 0.6) is 0 Å². The molecule has 0 saturated heterocycles. The summed E-state index contributed by atoms with van der Waals surface area (Å²) in [4.78, 5) is 0. The van der Waals surface area contributed by atoms with Crippen LogP contribution < -0.4 is 5.32 Å². The fourth-order valence-corrected chi connectivity index (χ4v) is 1.75. The minimum Gasteiger partial charge on any atom is -0.383 e. The van der Waals surface area contributed by atoms with Crippen LogP contribution in [0.1, 0.15) is 11.1 Å². The molecule has 0 aliphatic carbocycles. The van der Waals surface area contributed by atoms with Gasteiger partial charge in [-0.15, -0.1) is 0 Å². The molecule has 0 aliphatic heterocycles. The number of anilines is 1. The maximum atomic E-state index is 4.16. The standard InChI is InChI=1S/C13H17N3/c1-11-4-5-13(12(2)10-11)14-7-9-16-8-3-6-15-16/h3-6,8,10,14H,7,9H2,1-2H3. The first-order valence-corrected chi connectivity index (χ1v) is 5.54. The van der Waals surface area contributed by atoms with Crippen LogP contribution in [-0.4, -0.2) is 16.3 Å². The number of aromatic nitrogens is 2. The highest BCUT2D eigenvalue weighted by molar-refractivity contribution is 5.51. The second kappa shape index (κ2) is 4.84. The lowest BCUT2D eigenvalue weighted by molar-refractivity contribution is 0.638. The lowest BCUT2D eigenvalue weighted by Gasteiger charge is -2.10. The van der Waals surface area contributed by atoms with Crippen molar-refractivity contribution in [3.63, 3.8) is 0 Å². The van der Waals surface area contributed by atoms with Crippen LogP contribution in [0.3, 0.4) is 0 Å². The fourth-order valence-electron chi connectivity index (χ4n) is 1.75. The van der Waals surface area contributed by atoms with Crippen molar-refractivity contribution in [2.24, 2.45) is 0 Å². The van der Waals surface area contributed by atoms with Gasteiger partial charge in [0.05, 0.1) is 6.54 Å². The van der Waals surface area contributed by atoms with Gasteiger partial charge in [-0.2, -0.15) is 5.10 Å². The van der Waals surface area contributed by atoms with E-state index in [9.17, 15) is 0 Å². The molecule has 3 nitrogen and oxygen atoms in total. The third kappa shape index (κ3) is 2.63. The number of nitrogens with zero attached hydrogens (tertiary/aromatic N) is 2. The van der Waals surface area contributed by atoms with Gasteiger partial charge in [0.25, 0.3) is 0 Å². The van der Waals surface area contributed by atoms with E-state index >= 15 is 0 Å². The molecule has 0 unspecified atom stereocenters. The smallest absolute Gasteiger partial charge is 0.0582 e. The van der Waals surface area contributed by atoms with Crippen molar-refractivity contribution in [2.75, 3.05) is 11.9 Å². The minimum atomic E-state index is 0.889. The zero-order valence-electron chi connectivity index (χ0n) is 9.77. The van der Waals surface area contributed by atoms with E-state index in [1.165, 1.54) is 16.8 Å². The summed E-state index contributed by atoms with van der Waals surface area (Å²) in [6, 6.07) is 8.39. The average molecular weight is 215 g/mol. The van der Waals surface area contributed by atoms with E-state index in [1.54, 1.807) is 6.20 Å². The second-order valence-corrected chi connectivity index (χ2v) is 4.01. The van der Waals surface area contributed by atoms with Gasteiger partial charge in [0.2, 0.25) is 0 Å². The molecule has 16 heavy (non-hydrogen) atoms. The van der Waals surface area contributed by atoms with Gasteiger partial charge in [0.1, 0.15) is 0 Å². The normalized spacial score (nSPS) is 10.4. The van der Waals surface area contributed by atoms with Gasteiger partial charge in [0.15, 0.2) is 0 Å². The van der Waals surface area contributed by atoms with Crippen molar-refractivity contribution in [2.45, 2.75) is 20.4 Å². The first-order valence-electron chi connectivity index (χ1n) is 5.54. The van der Waals surface area contributed by atoms with E-state index in [-0.39, 0.29) is 0 Å². The van der Waals surface area contributed by atoms with E-state index in [2.05, 4.69) is 42.5 Å². The zero-order valence-corrected chi connectivity index (χ0v) is 9.77. The van der Waals surface area contributed by atoms with Gasteiger partial charge in [-0.3, -0.25) is 4.68 Å². The maximum absolute atomic E-state index is 4.16. The van der Waals surface area contributed by atoms with Crippen LogP contribution in [0, 0.1) is 13.8 Å². The third-order valence-corrected chi connectivity index (χ3v) is 2.60. The quantitative estimate of drug-likeness (QED) is 0.849. The van der Waals surface area contributed by atoms with Crippen LogP contribution in [0.4, 0.5) is 5.69 Å². The Balaban J connectivity index is 1.90. The molecule has 1 heterocycles. The molecule has 1 aromatic carbocycles. The van der Waals surface area contributed by atoms with E-state index in [1.807, 2.05) is 16.9 Å². The van der Waals surface area contributed by atoms with Crippen LogP contribution in [0.2, 0.25) is 0 Å². The lowest BCUT2D eigenvalue weighted by Crippen LogP contribution is -2.11. The SMILES string of the molecule is Cc1ccc(NCCn2cccn2)c(C)c1. The molecule has 0 aliphatic rings. The van der Waals surface area contributed by atoms with Gasteiger partial charge in [-0.1, -0.05) is 17.7 Å². The predicted molar refractivity (Wildman–Crippen MR) is 66.6 cm³/mol. The summed E-state index contributed by atoms with van der Waals surface area (Å²) < 4.78 is 1.93. The highest BCUT2D eigenvalue weighted by Gasteiger charge is 1.97. The second-order valence-electron chi connectivity index (χ2n) is 4.01. The maximum Gasteiger partial charge on any atom is 0.0582 e. The number of hydrogen-bond acceptors (Lipinski definition) is 2. The summed E-state index contributed by atoms with van der Waals surface area (Å²) in [5, 5.41) is 7.58. The monoisotopic (exact) mass is 215 g/mol. The molecule has 0 amide bonds. The molecular formula is C13H17N3. The topological polar surface area (TPSA) is 29.9 Å². The molecular weight excluding hydrogens is 198 g/mol. The Kier molecular flexibility index (Phi) is 3.25. The molecule has 1 N–H and O–H groups in total. The average Bonchev–Trinajstić information content (AvgIpc) is 2.74. The van der Waals surface area contributed by atoms with Crippen molar-refractivity contribution < 1.29 is 0 Å². The molecule has 3 heteroatoms. The Labute approximate surface area is 96.1 Å². The molecule has 84 valence electrons. The lowest BCUT2D eigenvalue weighted by atomic mass is 10.1. The summed E-state index contributed by atoms with van der Waals surface area (Å²) in [6.45, 7) is 6.02. The molecule has 2 rings (SSSR count). The molecule has 0 fully saturated rings. The van der Waals surface area contributed by atoms with Gasteiger partial charge in [-0.25, -0.2) is 0 Å². The van der Waals surface area contributed by atoms with E-state index in [0.29, 0.717) is 0 Å². The Morgan fingerprint density at radius 1 is 1.31 bits per heavy atom. The van der Waals surface area contributed by atoms with Crippen LogP contribution in [-0.2, 0) is 6.54 Å². The molecule has 2 aromatic rings. The molecule has 0 bridgehead atoms. The Morgan fingerprint density at radius 2 is 2.19 bits per heavy atom. The van der Waals surface area contributed by atoms with Gasteiger partial charge in [-0.05, 0) is 31.5 Å². The highest BCUT2D eigenvalue weighted by Crippen LogP contribution is 2.15. The van der Waals surface area contributed by atoms with Crippen molar-refractivity contribution in [1.29, 1.82) is 0 Å². The Morgan fingerprint density at radius 3 is 2.88 bits per heavy atom. The van der Waals surface area contributed by atoms with Crippen molar-refractivity contribution >= 4 is 5.69 Å². The molecule has 0 radical (unpaired) electrons. The predicted octanol–water partition coefficient (Wildman–Crippen LogP) is 2.61. The largest absolute Gasteiger partial charge is 0.383 e. The third-order valence-electron chi connectivity index (χ3n) is 2.60. The first kappa shape index (κ1) is 10.7. The number of benzene rings is 1. The van der Waals surface area contributed by atoms with Crippen LogP contribution in [0.25, 0.3) is 0 Å². The summed E-state index contributed by atoms with van der Waals surface area (Å²) in [7, 11) is 0. The molecule has 1 aromatic heterocycles. The number of rotatable bonds is 4. The number of aryl methyl sites for hydroxylation is 2. The van der Waals surface area contributed by atoms with Gasteiger partial charge in [0, 0.05) is 24.6 Å². The van der Waals surface area contributed by atoms with Crippen molar-refractivity contribution in [3.05, 3.63) is 47.8 Å². The summed E-state index contributed by atoms with van der Waals surface area (Å²) in [6.07, 6.45) is 3.78. The molecule has 0 atom stereocenters. The number of hydrogen-bond donors (Lipinski definition) is 1. The van der Waals surface area contributed by atoms with E-state index in [0.717, 1.165) is 13.1 Å². The van der Waals surface area contributed by atoms with E-state index in [4.69, 9.17) is 0 Å². The number of nitrogens with one attached hydrogen (secondary N) is 1. The summed E-state index contributed by atoms with van der Waals surface area (Å²) in [5.41, 5.74) is 3.80. The van der Waals surface area contributed by atoms with Gasteiger partial charge < -0.3 is 5.32 Å². The first-order chi connectivity index (χ1) is 7.75.